The molecule has 7 rings (SSSR count). The van der Waals surface area contributed by atoms with Crippen LogP contribution in [0.1, 0.15) is 44.4 Å². The predicted molar refractivity (Wildman–Crippen MR) is 167 cm³/mol. The lowest BCUT2D eigenvalue weighted by molar-refractivity contribution is 0.00687. The zero-order valence-corrected chi connectivity index (χ0v) is 25.1. The summed E-state index contributed by atoms with van der Waals surface area (Å²) in [7, 11) is 0. The van der Waals surface area contributed by atoms with E-state index in [0.29, 0.717) is 36.2 Å². The molecule has 1 aliphatic carbocycles. The van der Waals surface area contributed by atoms with Crippen LogP contribution in [-0.4, -0.2) is 77.1 Å². The number of hydrazine groups is 1. The van der Waals surface area contributed by atoms with Gasteiger partial charge in [0, 0.05) is 56.5 Å². The highest BCUT2D eigenvalue weighted by atomic mass is 16.6. The number of hydrogen-bond acceptors (Lipinski definition) is 9. The number of piperazine rings is 1. The number of carbonyl (C=O) groups is 1. The molecule has 1 aliphatic heterocycles. The number of hydrogen-bond donors (Lipinski definition) is 2. The highest BCUT2D eigenvalue weighted by Gasteiger charge is 2.30. The normalized spacial score (nSPS) is 17.2. The monoisotopic (exact) mass is 592 g/mol. The Hall–Kier alpha value is -4.81. The molecule has 5 aromatic rings. The minimum atomic E-state index is -0.495. The molecule has 1 amide bonds. The molecule has 4 aromatic heterocycles. The number of aryl methyl sites for hydroxylation is 1. The molecule has 0 saturated carbocycles. The summed E-state index contributed by atoms with van der Waals surface area (Å²) in [5.41, 5.74) is 15.3. The van der Waals surface area contributed by atoms with Gasteiger partial charge in [-0.25, -0.2) is 34.9 Å². The van der Waals surface area contributed by atoms with Gasteiger partial charge in [0.05, 0.1) is 5.56 Å². The molecule has 12 heteroatoms. The van der Waals surface area contributed by atoms with Crippen LogP contribution in [0.2, 0.25) is 0 Å². The van der Waals surface area contributed by atoms with Gasteiger partial charge in [0.25, 0.3) is 0 Å². The van der Waals surface area contributed by atoms with Crippen molar-refractivity contribution in [1.29, 1.82) is 0 Å². The van der Waals surface area contributed by atoms with E-state index in [1.807, 2.05) is 57.3 Å². The van der Waals surface area contributed by atoms with E-state index in [9.17, 15) is 4.79 Å². The number of pyridine rings is 2. The van der Waals surface area contributed by atoms with E-state index in [-0.39, 0.29) is 12.1 Å². The Morgan fingerprint density at radius 3 is 2.61 bits per heavy atom. The van der Waals surface area contributed by atoms with Crippen molar-refractivity contribution >= 4 is 23.1 Å². The number of imidazole rings is 1. The van der Waals surface area contributed by atoms with Gasteiger partial charge < -0.3 is 15.4 Å². The van der Waals surface area contributed by atoms with E-state index in [4.69, 9.17) is 20.4 Å². The quantitative estimate of drug-likeness (QED) is 0.307. The van der Waals surface area contributed by atoms with Crippen molar-refractivity contribution in [3.8, 4) is 22.9 Å². The van der Waals surface area contributed by atoms with Crippen molar-refractivity contribution < 1.29 is 9.53 Å². The fourth-order valence-electron chi connectivity index (χ4n) is 5.95. The zero-order chi connectivity index (χ0) is 30.4. The fraction of sp³-hybridized carbons (Fsp3) is 0.344. The molecule has 0 bridgehead atoms. The number of nitrogen functional groups attached to an aromatic ring is 1. The summed E-state index contributed by atoms with van der Waals surface area (Å²) in [6.45, 7) is 8.42. The maximum absolute atomic E-state index is 12.5. The van der Waals surface area contributed by atoms with Crippen LogP contribution in [0.15, 0.2) is 67.1 Å². The molecule has 0 radical (unpaired) electrons. The van der Waals surface area contributed by atoms with Crippen LogP contribution in [0.3, 0.4) is 0 Å². The molecular weight excluding hydrogens is 556 g/mol. The summed E-state index contributed by atoms with van der Waals surface area (Å²) < 4.78 is 9.35. The van der Waals surface area contributed by atoms with Crippen LogP contribution in [0, 0.1) is 0 Å². The van der Waals surface area contributed by atoms with Gasteiger partial charge in [-0.3, -0.25) is 4.57 Å². The van der Waals surface area contributed by atoms with Crippen LogP contribution < -0.4 is 11.2 Å². The summed E-state index contributed by atoms with van der Waals surface area (Å²) in [4.78, 5) is 28.5. The van der Waals surface area contributed by atoms with Gasteiger partial charge in [-0.15, -0.1) is 0 Å². The molecule has 1 unspecified atom stereocenters. The van der Waals surface area contributed by atoms with Crippen LogP contribution in [0.5, 0.6) is 0 Å². The maximum atomic E-state index is 12.5. The summed E-state index contributed by atoms with van der Waals surface area (Å²) in [5.74, 6) is 1.80. The Morgan fingerprint density at radius 2 is 1.86 bits per heavy atom. The maximum Gasteiger partial charge on any atom is 0.410 e. The molecule has 0 spiro atoms. The Kier molecular flexibility index (Phi) is 7.02. The van der Waals surface area contributed by atoms with E-state index >= 15 is 0 Å². The van der Waals surface area contributed by atoms with Gasteiger partial charge >= 0.3 is 6.09 Å². The van der Waals surface area contributed by atoms with Gasteiger partial charge in [0.1, 0.15) is 16.9 Å². The third-order valence-corrected chi connectivity index (χ3v) is 8.04. The summed E-state index contributed by atoms with van der Waals surface area (Å²) >= 11 is 0. The largest absolute Gasteiger partial charge is 0.444 e. The lowest BCUT2D eigenvalue weighted by atomic mass is 10.1. The number of ether oxygens (including phenoxy) is 1. The number of fused-ring (bicyclic) bond motifs is 2. The third kappa shape index (κ3) is 5.38. The first-order chi connectivity index (χ1) is 21.2. The zero-order valence-electron chi connectivity index (χ0n) is 25.1. The number of benzene rings is 1. The van der Waals surface area contributed by atoms with Crippen molar-refractivity contribution in [2.75, 3.05) is 31.9 Å². The van der Waals surface area contributed by atoms with Crippen LogP contribution >= 0.6 is 0 Å². The van der Waals surface area contributed by atoms with Gasteiger partial charge in [-0.1, -0.05) is 6.07 Å². The number of nitrogens with one attached hydrogen (secondary N) is 1. The molecular formula is C32H36N10O2. The molecule has 3 N–H and O–H groups in total. The first-order valence-electron chi connectivity index (χ1n) is 15.0. The van der Waals surface area contributed by atoms with Gasteiger partial charge in [0.2, 0.25) is 0 Å². The van der Waals surface area contributed by atoms with Crippen LogP contribution in [0.4, 0.5) is 10.6 Å². The smallest absolute Gasteiger partial charge is 0.410 e. The number of anilines is 1. The minimum Gasteiger partial charge on any atom is -0.444 e. The van der Waals surface area contributed by atoms with E-state index in [1.165, 1.54) is 11.1 Å². The lowest BCUT2D eigenvalue weighted by Crippen LogP contribution is -2.54. The minimum absolute atomic E-state index is 0.199. The summed E-state index contributed by atoms with van der Waals surface area (Å²) in [6.07, 6.45) is 6.97. The number of carbonyl (C=O) groups excluding carboxylic acids is 1. The number of aromatic nitrogens is 6. The van der Waals surface area contributed by atoms with Crippen molar-refractivity contribution in [3.63, 3.8) is 0 Å². The number of nitrogens with zero attached hydrogens (tertiary/aromatic N) is 8. The van der Waals surface area contributed by atoms with E-state index in [2.05, 4.69) is 43.3 Å². The highest BCUT2D eigenvalue weighted by molar-refractivity contribution is 5.83. The van der Waals surface area contributed by atoms with E-state index in [0.717, 1.165) is 42.7 Å². The van der Waals surface area contributed by atoms with Crippen molar-refractivity contribution in [3.05, 3.63) is 78.2 Å². The molecule has 2 aliphatic rings. The molecule has 5 heterocycles. The Bertz CT molecular complexity index is 1820. The summed E-state index contributed by atoms with van der Waals surface area (Å²) in [6, 6.07) is 16.3. The summed E-state index contributed by atoms with van der Waals surface area (Å²) in [5, 5.41) is 6.59. The second kappa shape index (κ2) is 11.0. The van der Waals surface area contributed by atoms with Crippen LogP contribution in [0.25, 0.3) is 34.1 Å². The Morgan fingerprint density at radius 1 is 1.02 bits per heavy atom. The van der Waals surface area contributed by atoms with Crippen molar-refractivity contribution in [2.24, 2.45) is 0 Å². The third-order valence-electron chi connectivity index (χ3n) is 8.04. The topological polar surface area (TPSA) is 132 Å². The predicted octanol–water partition coefficient (Wildman–Crippen LogP) is 4.30. The van der Waals surface area contributed by atoms with E-state index in [1.54, 1.807) is 22.0 Å². The molecule has 1 saturated heterocycles. The van der Waals surface area contributed by atoms with Crippen molar-refractivity contribution in [1.82, 2.24) is 44.6 Å². The number of rotatable bonds is 5. The fourth-order valence-corrected chi connectivity index (χ4v) is 5.95. The molecule has 1 fully saturated rings. The standard InChI is InChI=1S/C32H36N10O2/c1-32(2,3)44-31(43)39-16-18-40(19-17-39)38-25-10-7-21-20-22(8-9-23(21)25)42-29(24-6-4-13-34-28(24)33)36-26-11-12-27(37-30(26)42)41-15-5-14-35-41/h4-6,8-9,11-15,20,25,38H,7,10,16-19H2,1-3H3,(H2,33,34). The molecule has 226 valence electrons. The first kappa shape index (κ1) is 28.0. The second-order valence-corrected chi connectivity index (χ2v) is 12.2. The van der Waals surface area contributed by atoms with Gasteiger partial charge in [-0.05, 0) is 87.2 Å². The second-order valence-electron chi connectivity index (χ2n) is 12.2. The Labute approximate surface area is 255 Å². The van der Waals surface area contributed by atoms with Crippen LogP contribution in [-0.2, 0) is 11.2 Å². The molecule has 12 nitrogen and oxygen atoms in total. The SMILES string of the molecule is CC(C)(C)OC(=O)N1CCN(NC2CCc3cc(-n4c(-c5cccnc5N)nc5ccc(-n6cccn6)nc54)ccc32)CC1. The Balaban J connectivity index is 1.17. The van der Waals surface area contributed by atoms with Crippen molar-refractivity contribution in [2.45, 2.75) is 45.3 Å². The molecule has 1 atom stereocenters. The van der Waals surface area contributed by atoms with Gasteiger partial charge in [-0.2, -0.15) is 5.10 Å². The molecule has 44 heavy (non-hydrogen) atoms. The molecule has 1 aromatic carbocycles. The number of nitrogens with two attached hydrogens (primary N) is 1. The first-order valence-corrected chi connectivity index (χ1v) is 15.0. The number of amides is 1. The average Bonchev–Trinajstić information content (AvgIpc) is 3.76. The van der Waals surface area contributed by atoms with E-state index < -0.39 is 5.60 Å². The highest BCUT2D eigenvalue weighted by Crippen LogP contribution is 2.36. The average molecular weight is 593 g/mol. The van der Waals surface area contributed by atoms with Gasteiger partial charge in [0.15, 0.2) is 17.3 Å². The lowest BCUT2D eigenvalue weighted by Gasteiger charge is -2.37.